The van der Waals surface area contributed by atoms with Gasteiger partial charge in [-0.3, -0.25) is 9.59 Å². The zero-order valence-electron chi connectivity index (χ0n) is 13.1. The lowest BCUT2D eigenvalue weighted by atomic mass is 10.2. The molecule has 1 N–H and O–H groups in total. The van der Waals surface area contributed by atoms with E-state index in [1.165, 1.54) is 11.8 Å². The lowest BCUT2D eigenvalue weighted by molar-refractivity contribution is -0.117. The van der Waals surface area contributed by atoms with Gasteiger partial charge in [0.1, 0.15) is 0 Å². The normalized spacial score (nSPS) is 9.88. The average Bonchev–Trinajstić information content (AvgIpc) is 2.57. The number of carbonyl (C=O) groups excluding carboxylic acids is 2. The van der Waals surface area contributed by atoms with E-state index in [2.05, 4.69) is 5.32 Å². The molecule has 0 aliphatic carbocycles. The van der Waals surface area contributed by atoms with E-state index in [-0.39, 0.29) is 24.8 Å². The van der Waals surface area contributed by atoms with Gasteiger partial charge in [0.05, 0.1) is 11.6 Å². The van der Waals surface area contributed by atoms with Gasteiger partial charge in [0.2, 0.25) is 11.8 Å². The van der Waals surface area contributed by atoms with Crippen molar-refractivity contribution in [3.8, 4) is 6.07 Å². The van der Waals surface area contributed by atoms with Gasteiger partial charge < -0.3 is 10.2 Å². The van der Waals surface area contributed by atoms with Crippen LogP contribution in [0.15, 0.2) is 48.5 Å². The van der Waals surface area contributed by atoms with Crippen molar-refractivity contribution in [2.45, 2.75) is 13.3 Å². The molecule has 0 radical (unpaired) electrons. The summed E-state index contributed by atoms with van der Waals surface area (Å²) >= 11 is 5.85. The van der Waals surface area contributed by atoms with E-state index < -0.39 is 0 Å². The molecule has 0 heterocycles. The van der Waals surface area contributed by atoms with Crippen LogP contribution in [0, 0.1) is 11.3 Å². The van der Waals surface area contributed by atoms with Crippen LogP contribution < -0.4 is 10.2 Å². The summed E-state index contributed by atoms with van der Waals surface area (Å²) in [6.45, 7) is 1.71. The van der Waals surface area contributed by atoms with Crippen LogP contribution in [0.5, 0.6) is 0 Å². The Bertz CT molecular complexity index is 764. The maximum Gasteiger partial charge on any atom is 0.226 e. The number of nitriles is 1. The second kappa shape index (κ2) is 8.14. The molecule has 6 heteroatoms. The van der Waals surface area contributed by atoms with Crippen LogP contribution in [0.3, 0.4) is 0 Å². The molecule has 0 bridgehead atoms. The van der Waals surface area contributed by atoms with Crippen LogP contribution in [-0.2, 0) is 9.59 Å². The first-order valence-corrected chi connectivity index (χ1v) is 7.71. The third-order valence-electron chi connectivity index (χ3n) is 3.38. The second-order valence-corrected chi connectivity index (χ2v) is 5.57. The minimum atomic E-state index is -0.208. The number of carbonyl (C=O) groups is 2. The number of nitrogens with zero attached hydrogens (tertiary/aromatic N) is 2. The predicted molar refractivity (Wildman–Crippen MR) is 93.9 cm³/mol. The van der Waals surface area contributed by atoms with Crippen LogP contribution >= 0.6 is 11.6 Å². The number of halogens is 1. The monoisotopic (exact) mass is 341 g/mol. The molecule has 0 unspecified atom stereocenters. The molecule has 2 amide bonds. The fourth-order valence-corrected chi connectivity index (χ4v) is 2.28. The van der Waals surface area contributed by atoms with Crippen LogP contribution in [0.4, 0.5) is 11.4 Å². The lowest BCUT2D eigenvalue weighted by Gasteiger charge is -2.21. The first kappa shape index (κ1) is 17.5. The van der Waals surface area contributed by atoms with Crippen LogP contribution in [0.25, 0.3) is 0 Å². The maximum absolute atomic E-state index is 12.0. The largest absolute Gasteiger partial charge is 0.326 e. The Kier molecular flexibility index (Phi) is 5.94. The average molecular weight is 342 g/mol. The Labute approximate surface area is 145 Å². The maximum atomic E-state index is 12.0. The van der Waals surface area contributed by atoms with E-state index in [1.807, 2.05) is 6.07 Å². The summed E-state index contributed by atoms with van der Waals surface area (Å²) in [5.74, 6) is -0.358. The molecule has 122 valence electrons. The van der Waals surface area contributed by atoms with Crippen LogP contribution in [0.1, 0.15) is 18.9 Å². The summed E-state index contributed by atoms with van der Waals surface area (Å²) in [5.41, 5.74) is 1.83. The van der Waals surface area contributed by atoms with Gasteiger partial charge in [-0.2, -0.15) is 5.26 Å². The fraction of sp³-hybridized carbons (Fsp3) is 0.167. The van der Waals surface area contributed by atoms with Crippen LogP contribution in [-0.4, -0.2) is 18.4 Å². The molecule has 5 nitrogen and oxygen atoms in total. The molecule has 0 aromatic heterocycles. The van der Waals surface area contributed by atoms with Crippen LogP contribution in [0.2, 0.25) is 5.02 Å². The summed E-state index contributed by atoms with van der Waals surface area (Å²) in [4.78, 5) is 25.4. The Hall–Kier alpha value is -2.84. The van der Waals surface area contributed by atoms with Gasteiger partial charge in [-0.25, -0.2) is 0 Å². The highest BCUT2D eigenvalue weighted by atomic mass is 35.5. The molecule has 24 heavy (non-hydrogen) atoms. The van der Waals surface area contributed by atoms with Crippen molar-refractivity contribution in [2.24, 2.45) is 0 Å². The molecular weight excluding hydrogens is 326 g/mol. The summed E-state index contributed by atoms with van der Waals surface area (Å²) in [5, 5.41) is 12.1. The van der Waals surface area contributed by atoms with Gasteiger partial charge in [-0.15, -0.1) is 0 Å². The van der Waals surface area contributed by atoms with E-state index >= 15 is 0 Å². The highest BCUT2D eigenvalue weighted by molar-refractivity contribution is 6.30. The molecule has 0 atom stereocenters. The zero-order valence-corrected chi connectivity index (χ0v) is 13.9. The van der Waals surface area contributed by atoms with Gasteiger partial charge in [0.25, 0.3) is 0 Å². The Morgan fingerprint density at radius 2 is 1.75 bits per heavy atom. The van der Waals surface area contributed by atoms with Crippen molar-refractivity contribution in [3.63, 3.8) is 0 Å². The fourth-order valence-electron chi connectivity index (χ4n) is 2.15. The molecule has 0 spiro atoms. The minimum absolute atomic E-state index is 0.150. The van der Waals surface area contributed by atoms with Crippen molar-refractivity contribution < 1.29 is 9.59 Å². The van der Waals surface area contributed by atoms with Crippen molar-refractivity contribution in [2.75, 3.05) is 16.8 Å². The molecule has 2 rings (SSSR count). The summed E-state index contributed by atoms with van der Waals surface area (Å²) in [7, 11) is 0. The van der Waals surface area contributed by atoms with Gasteiger partial charge >= 0.3 is 0 Å². The Morgan fingerprint density at radius 3 is 2.29 bits per heavy atom. The van der Waals surface area contributed by atoms with Gasteiger partial charge in [0, 0.05) is 36.3 Å². The summed E-state index contributed by atoms with van der Waals surface area (Å²) in [6.07, 6.45) is 0.155. The SMILES string of the molecule is CC(=O)N(CCC(=O)Nc1ccc(C#N)cc1)c1ccc(Cl)cc1. The summed E-state index contributed by atoms with van der Waals surface area (Å²) < 4.78 is 0. The van der Waals surface area contributed by atoms with Crippen molar-refractivity contribution in [1.29, 1.82) is 5.26 Å². The van der Waals surface area contributed by atoms with Crippen molar-refractivity contribution in [1.82, 2.24) is 0 Å². The van der Waals surface area contributed by atoms with E-state index in [4.69, 9.17) is 16.9 Å². The van der Waals surface area contributed by atoms with E-state index in [0.717, 1.165) is 0 Å². The zero-order chi connectivity index (χ0) is 17.5. The predicted octanol–water partition coefficient (Wildman–Crippen LogP) is 3.59. The number of benzene rings is 2. The highest BCUT2D eigenvalue weighted by Gasteiger charge is 2.13. The minimum Gasteiger partial charge on any atom is -0.326 e. The number of anilines is 2. The number of nitrogens with one attached hydrogen (secondary N) is 1. The molecule has 0 fully saturated rings. The Morgan fingerprint density at radius 1 is 1.12 bits per heavy atom. The lowest BCUT2D eigenvalue weighted by Crippen LogP contribution is -2.31. The van der Waals surface area contributed by atoms with E-state index in [9.17, 15) is 9.59 Å². The third kappa shape index (κ3) is 4.83. The summed E-state index contributed by atoms with van der Waals surface area (Å²) in [6, 6.07) is 15.5. The Balaban J connectivity index is 1.96. The smallest absolute Gasteiger partial charge is 0.226 e. The van der Waals surface area contributed by atoms with Gasteiger partial charge in [0.15, 0.2) is 0 Å². The number of hydrogen-bond donors (Lipinski definition) is 1. The third-order valence-corrected chi connectivity index (χ3v) is 3.63. The molecule has 0 aliphatic rings. The van der Waals surface area contributed by atoms with Gasteiger partial charge in [-0.05, 0) is 48.5 Å². The number of amides is 2. The molecule has 0 aliphatic heterocycles. The molecule has 0 saturated carbocycles. The van der Waals surface area contributed by atoms with E-state index in [1.54, 1.807) is 48.5 Å². The van der Waals surface area contributed by atoms with E-state index in [0.29, 0.717) is 22.0 Å². The molecule has 2 aromatic rings. The number of hydrogen-bond acceptors (Lipinski definition) is 3. The standard InChI is InChI=1S/C18H16ClN3O2/c1-13(23)22(17-8-4-15(19)5-9-17)11-10-18(24)21-16-6-2-14(12-20)3-7-16/h2-9H,10-11H2,1H3,(H,21,24). The topological polar surface area (TPSA) is 73.2 Å². The van der Waals surface area contributed by atoms with Crippen molar-refractivity contribution in [3.05, 3.63) is 59.1 Å². The van der Waals surface area contributed by atoms with Gasteiger partial charge in [-0.1, -0.05) is 11.6 Å². The van der Waals surface area contributed by atoms with Crippen molar-refractivity contribution >= 4 is 34.8 Å². The molecule has 0 saturated heterocycles. The second-order valence-electron chi connectivity index (χ2n) is 5.13. The first-order chi connectivity index (χ1) is 11.5. The number of rotatable bonds is 5. The molecular formula is C18H16ClN3O2. The first-order valence-electron chi connectivity index (χ1n) is 7.33. The highest BCUT2D eigenvalue weighted by Crippen LogP contribution is 2.18. The molecule has 2 aromatic carbocycles. The quantitative estimate of drug-likeness (QED) is 0.903.